The lowest BCUT2D eigenvalue weighted by molar-refractivity contribution is -0.142. The SMILES string of the molecule is N=C(N)NCCCc1ccc(-c2ccc(C[C@H](NC(=O)[C@@H]3CCCN3S(=O)(=O)c3ccccc3)C(=O)O)cc2)cc1. The van der Waals surface area contributed by atoms with Gasteiger partial charge in [-0.2, -0.15) is 4.31 Å². The van der Waals surface area contributed by atoms with Gasteiger partial charge in [-0.3, -0.25) is 10.2 Å². The molecule has 0 unspecified atom stereocenters. The second kappa shape index (κ2) is 13.4. The highest BCUT2D eigenvalue weighted by Crippen LogP contribution is 2.26. The summed E-state index contributed by atoms with van der Waals surface area (Å²) >= 11 is 0. The Balaban J connectivity index is 1.37. The number of amides is 1. The van der Waals surface area contributed by atoms with Gasteiger partial charge in [0, 0.05) is 19.5 Å². The third-order valence-electron chi connectivity index (χ3n) is 7.11. The minimum Gasteiger partial charge on any atom is -0.480 e. The normalized spacial score (nSPS) is 16.1. The Morgan fingerprint density at radius 3 is 2.17 bits per heavy atom. The molecule has 11 heteroatoms. The molecule has 0 aliphatic carbocycles. The van der Waals surface area contributed by atoms with E-state index in [1.54, 1.807) is 18.2 Å². The molecule has 10 nitrogen and oxygen atoms in total. The van der Waals surface area contributed by atoms with Gasteiger partial charge in [-0.05, 0) is 60.1 Å². The summed E-state index contributed by atoms with van der Waals surface area (Å²) in [4.78, 5) is 25.3. The minimum atomic E-state index is -3.88. The highest BCUT2D eigenvalue weighted by Gasteiger charge is 2.40. The zero-order valence-corrected chi connectivity index (χ0v) is 23.4. The van der Waals surface area contributed by atoms with Crippen LogP contribution in [-0.2, 0) is 32.5 Å². The maximum Gasteiger partial charge on any atom is 0.326 e. The Bertz CT molecular complexity index is 1460. The third kappa shape index (κ3) is 7.71. The quantitative estimate of drug-likeness (QED) is 0.125. The van der Waals surface area contributed by atoms with Gasteiger partial charge < -0.3 is 21.5 Å². The van der Waals surface area contributed by atoms with Gasteiger partial charge in [0.2, 0.25) is 15.9 Å². The summed E-state index contributed by atoms with van der Waals surface area (Å²) in [6, 6.07) is 21.4. The van der Waals surface area contributed by atoms with E-state index in [4.69, 9.17) is 11.1 Å². The first kappa shape index (κ1) is 29.8. The lowest BCUT2D eigenvalue weighted by Gasteiger charge is -2.25. The van der Waals surface area contributed by atoms with Gasteiger partial charge in [0.05, 0.1) is 4.90 Å². The van der Waals surface area contributed by atoms with Crippen molar-refractivity contribution in [2.24, 2.45) is 5.73 Å². The van der Waals surface area contributed by atoms with E-state index in [2.05, 4.69) is 22.8 Å². The van der Waals surface area contributed by atoms with Crippen molar-refractivity contribution in [3.8, 4) is 11.1 Å². The van der Waals surface area contributed by atoms with Crippen molar-refractivity contribution < 1.29 is 23.1 Å². The molecular formula is C30H35N5O5S. The van der Waals surface area contributed by atoms with E-state index in [1.165, 1.54) is 22.0 Å². The summed E-state index contributed by atoms with van der Waals surface area (Å²) in [6.07, 6.45) is 2.62. The van der Waals surface area contributed by atoms with Crippen LogP contribution in [0.25, 0.3) is 11.1 Å². The fourth-order valence-electron chi connectivity index (χ4n) is 4.93. The Morgan fingerprint density at radius 2 is 1.59 bits per heavy atom. The first-order valence-corrected chi connectivity index (χ1v) is 15.0. The zero-order valence-electron chi connectivity index (χ0n) is 22.6. The molecule has 1 fully saturated rings. The number of aryl methyl sites for hydroxylation is 1. The fraction of sp³-hybridized carbons (Fsp3) is 0.300. The number of rotatable bonds is 12. The van der Waals surface area contributed by atoms with Crippen molar-refractivity contribution in [1.29, 1.82) is 5.41 Å². The van der Waals surface area contributed by atoms with E-state index in [9.17, 15) is 23.1 Å². The fourth-order valence-corrected chi connectivity index (χ4v) is 6.61. The molecule has 0 radical (unpaired) electrons. The molecule has 0 spiro atoms. The first-order chi connectivity index (χ1) is 19.6. The van der Waals surface area contributed by atoms with E-state index in [0.717, 1.165) is 29.5 Å². The predicted octanol–water partition coefficient (Wildman–Crippen LogP) is 2.73. The Kier molecular flexibility index (Phi) is 9.74. The Morgan fingerprint density at radius 1 is 0.976 bits per heavy atom. The highest BCUT2D eigenvalue weighted by molar-refractivity contribution is 7.89. The molecule has 6 N–H and O–H groups in total. The number of carbonyl (C=O) groups excluding carboxylic acids is 1. The minimum absolute atomic E-state index is 0.0319. The average molecular weight is 578 g/mol. The van der Waals surface area contributed by atoms with E-state index in [1.807, 2.05) is 36.4 Å². The summed E-state index contributed by atoms with van der Waals surface area (Å²) in [5, 5.41) is 22.4. The maximum atomic E-state index is 13.1. The molecule has 0 aromatic heterocycles. The molecule has 1 heterocycles. The van der Waals surface area contributed by atoms with Gasteiger partial charge in [-0.1, -0.05) is 66.7 Å². The lowest BCUT2D eigenvalue weighted by atomic mass is 9.99. The third-order valence-corrected chi connectivity index (χ3v) is 9.03. The van der Waals surface area contributed by atoms with Crippen LogP contribution in [0.3, 0.4) is 0 Å². The number of benzene rings is 3. The summed E-state index contributed by atoms with van der Waals surface area (Å²) in [5.41, 5.74) is 9.20. The van der Waals surface area contributed by atoms with Crippen molar-refractivity contribution in [2.75, 3.05) is 13.1 Å². The molecule has 4 rings (SSSR count). The van der Waals surface area contributed by atoms with Crippen molar-refractivity contribution in [3.05, 3.63) is 90.0 Å². The van der Waals surface area contributed by atoms with Crippen LogP contribution in [0.15, 0.2) is 83.8 Å². The smallest absolute Gasteiger partial charge is 0.326 e. The summed E-state index contributed by atoms with van der Waals surface area (Å²) in [5.74, 6) is -1.83. The topological polar surface area (TPSA) is 166 Å². The number of nitrogens with one attached hydrogen (secondary N) is 3. The van der Waals surface area contributed by atoms with Crippen LogP contribution in [0, 0.1) is 5.41 Å². The Labute approximate surface area is 240 Å². The standard InChI is InChI=1S/C30H35N5O5S/c31-30(32)33-18-4-6-21-10-14-23(15-11-21)24-16-12-22(13-17-24)20-26(29(37)38)34-28(36)27-9-5-19-35(27)41(39,40)25-7-2-1-3-8-25/h1-3,7-8,10-17,26-27H,4-6,9,18-20H2,(H,34,36)(H,37,38)(H4,31,32,33)/t26-,27-/m0/s1. The van der Waals surface area contributed by atoms with Gasteiger partial charge in [-0.15, -0.1) is 0 Å². The molecule has 0 saturated carbocycles. The second-order valence-corrected chi connectivity index (χ2v) is 11.9. The van der Waals surface area contributed by atoms with Crippen LogP contribution in [0.5, 0.6) is 0 Å². The summed E-state index contributed by atoms with van der Waals surface area (Å²) in [6.45, 7) is 0.842. The number of guanidine groups is 1. The molecule has 41 heavy (non-hydrogen) atoms. The Hall–Kier alpha value is -4.22. The number of carboxylic acids is 1. The number of nitrogens with zero attached hydrogens (tertiary/aromatic N) is 1. The number of carbonyl (C=O) groups is 2. The molecule has 1 aliphatic heterocycles. The van der Waals surface area contributed by atoms with Crippen molar-refractivity contribution in [1.82, 2.24) is 14.9 Å². The number of aliphatic carboxylic acids is 1. The predicted molar refractivity (Wildman–Crippen MR) is 157 cm³/mol. The van der Waals surface area contributed by atoms with Gasteiger partial charge in [0.1, 0.15) is 12.1 Å². The summed E-state index contributed by atoms with van der Waals surface area (Å²) < 4.78 is 27.4. The van der Waals surface area contributed by atoms with Crippen molar-refractivity contribution in [3.63, 3.8) is 0 Å². The van der Waals surface area contributed by atoms with E-state index >= 15 is 0 Å². The molecular weight excluding hydrogens is 542 g/mol. The van der Waals surface area contributed by atoms with Crippen LogP contribution in [-0.4, -0.2) is 60.8 Å². The second-order valence-electron chi connectivity index (χ2n) is 10.0. The molecule has 0 bridgehead atoms. The molecule has 3 aromatic rings. The van der Waals surface area contributed by atoms with Gasteiger partial charge in [-0.25, -0.2) is 13.2 Å². The van der Waals surface area contributed by atoms with Crippen LogP contribution >= 0.6 is 0 Å². The number of hydrogen-bond donors (Lipinski definition) is 5. The number of hydrogen-bond acceptors (Lipinski definition) is 5. The van der Waals surface area contributed by atoms with E-state index < -0.39 is 34.0 Å². The lowest BCUT2D eigenvalue weighted by Crippen LogP contribution is -2.51. The zero-order chi connectivity index (χ0) is 29.4. The van der Waals surface area contributed by atoms with Crippen LogP contribution < -0.4 is 16.4 Å². The van der Waals surface area contributed by atoms with Crippen molar-refractivity contribution in [2.45, 2.75) is 49.1 Å². The number of sulfonamides is 1. The van der Waals surface area contributed by atoms with E-state index in [-0.39, 0.29) is 23.8 Å². The van der Waals surface area contributed by atoms with Crippen molar-refractivity contribution >= 4 is 27.9 Å². The molecule has 1 amide bonds. The van der Waals surface area contributed by atoms with Gasteiger partial charge in [0.25, 0.3) is 0 Å². The maximum absolute atomic E-state index is 13.1. The first-order valence-electron chi connectivity index (χ1n) is 13.5. The average Bonchev–Trinajstić information content (AvgIpc) is 3.47. The van der Waals surface area contributed by atoms with Crippen LogP contribution in [0.4, 0.5) is 0 Å². The van der Waals surface area contributed by atoms with Gasteiger partial charge >= 0.3 is 5.97 Å². The monoisotopic (exact) mass is 577 g/mol. The molecule has 1 aliphatic rings. The highest BCUT2D eigenvalue weighted by atomic mass is 32.2. The number of nitrogens with two attached hydrogens (primary N) is 1. The molecule has 216 valence electrons. The van der Waals surface area contributed by atoms with Gasteiger partial charge in [0.15, 0.2) is 5.96 Å². The molecule has 2 atom stereocenters. The summed E-state index contributed by atoms with van der Waals surface area (Å²) in [7, 11) is -3.88. The number of carboxylic acid groups (broad SMARTS) is 1. The van der Waals surface area contributed by atoms with Crippen LogP contribution in [0.2, 0.25) is 0 Å². The largest absolute Gasteiger partial charge is 0.480 e. The molecule has 3 aromatic carbocycles. The van der Waals surface area contributed by atoms with Crippen LogP contribution in [0.1, 0.15) is 30.4 Å². The van der Waals surface area contributed by atoms with E-state index in [0.29, 0.717) is 19.4 Å². The molecule has 1 saturated heterocycles.